The highest BCUT2D eigenvalue weighted by Gasteiger charge is 2.34. The van der Waals surface area contributed by atoms with Crippen molar-refractivity contribution in [3.63, 3.8) is 0 Å². The van der Waals surface area contributed by atoms with Gasteiger partial charge in [0, 0.05) is 19.1 Å². The van der Waals surface area contributed by atoms with Gasteiger partial charge in [0.2, 0.25) is 10.0 Å². The minimum atomic E-state index is -3.81. The summed E-state index contributed by atoms with van der Waals surface area (Å²) in [6, 6.07) is 6.26. The fourth-order valence-corrected chi connectivity index (χ4v) is 4.40. The first-order valence-electron chi connectivity index (χ1n) is 7.32. The lowest BCUT2D eigenvalue weighted by atomic mass is 9.80. The van der Waals surface area contributed by atoms with Crippen molar-refractivity contribution in [3.8, 4) is 6.07 Å². The summed E-state index contributed by atoms with van der Waals surface area (Å²) < 4.78 is 33.1. The Labute approximate surface area is 154 Å². The lowest BCUT2D eigenvalue weighted by Crippen LogP contribution is -2.47. The molecule has 1 aromatic carbocycles. The molecule has 6 nitrogen and oxygen atoms in total. The maximum absolute atomic E-state index is 12.6. The van der Waals surface area contributed by atoms with Crippen LogP contribution in [0.15, 0.2) is 23.1 Å². The number of hydrogen-bond acceptors (Lipinski definition) is 5. The Bertz CT molecular complexity index is 693. The quantitative estimate of drug-likeness (QED) is 0.770. The van der Waals surface area contributed by atoms with Crippen molar-refractivity contribution in [3.05, 3.63) is 28.8 Å². The monoisotopic (exact) mass is 393 g/mol. The molecule has 0 bridgehead atoms. The van der Waals surface area contributed by atoms with E-state index in [1.54, 1.807) is 7.11 Å². The second kappa shape index (κ2) is 8.99. The summed E-state index contributed by atoms with van der Waals surface area (Å²) in [5, 5.41) is 12.5. The zero-order valence-electron chi connectivity index (χ0n) is 13.3. The van der Waals surface area contributed by atoms with Gasteiger partial charge in [-0.1, -0.05) is 17.7 Å². The number of ether oxygens (including phenoxy) is 1. The van der Waals surface area contributed by atoms with Crippen molar-refractivity contribution in [1.82, 2.24) is 10.0 Å². The fourth-order valence-electron chi connectivity index (χ4n) is 2.80. The highest BCUT2D eigenvalue weighted by molar-refractivity contribution is 7.89. The van der Waals surface area contributed by atoms with E-state index in [0.29, 0.717) is 6.61 Å². The normalized spacial score (nSPS) is 16.9. The van der Waals surface area contributed by atoms with Crippen molar-refractivity contribution in [2.45, 2.75) is 17.7 Å². The molecule has 24 heavy (non-hydrogen) atoms. The molecule has 0 saturated carbocycles. The standard InChI is InChI=1S/C15H20ClN3O3S.ClH/c1-22-11-15(5-7-18-8-6-15)10-19-23(20,21)14-4-2-3-13(16)12(14)9-17;/h2-4,18-19H,5-8,10-11H2,1H3;1H. The minimum absolute atomic E-state index is 0. The van der Waals surface area contributed by atoms with Gasteiger partial charge in [0.25, 0.3) is 0 Å². The molecule has 1 aliphatic heterocycles. The van der Waals surface area contributed by atoms with Crippen molar-refractivity contribution >= 4 is 34.0 Å². The summed E-state index contributed by atoms with van der Waals surface area (Å²) in [5.74, 6) is 0. The smallest absolute Gasteiger partial charge is 0.241 e. The van der Waals surface area contributed by atoms with E-state index >= 15 is 0 Å². The van der Waals surface area contributed by atoms with Gasteiger partial charge in [0.1, 0.15) is 11.0 Å². The SMILES string of the molecule is COCC1(CNS(=O)(=O)c2cccc(Cl)c2C#N)CCNCC1.Cl. The molecular formula is C15H21Cl2N3O3S. The summed E-state index contributed by atoms with van der Waals surface area (Å²) >= 11 is 5.92. The Hall–Kier alpha value is -0.880. The molecule has 9 heteroatoms. The van der Waals surface area contributed by atoms with Gasteiger partial charge in [-0.3, -0.25) is 0 Å². The Kier molecular flexibility index (Phi) is 7.93. The van der Waals surface area contributed by atoms with Crippen LogP contribution >= 0.6 is 24.0 Å². The molecule has 1 fully saturated rings. The number of nitriles is 1. The highest BCUT2D eigenvalue weighted by Crippen LogP contribution is 2.29. The first-order valence-corrected chi connectivity index (χ1v) is 9.18. The predicted molar refractivity (Wildman–Crippen MR) is 95.0 cm³/mol. The Morgan fingerprint density at radius 2 is 2.08 bits per heavy atom. The van der Waals surface area contributed by atoms with E-state index in [-0.39, 0.29) is 39.8 Å². The summed E-state index contributed by atoms with van der Waals surface area (Å²) in [6.07, 6.45) is 1.65. The number of nitrogens with zero attached hydrogens (tertiary/aromatic N) is 1. The number of benzene rings is 1. The van der Waals surface area contributed by atoms with Gasteiger partial charge >= 0.3 is 0 Å². The average Bonchev–Trinajstić information content (AvgIpc) is 2.54. The van der Waals surface area contributed by atoms with Crippen LogP contribution in [-0.2, 0) is 14.8 Å². The molecule has 0 aliphatic carbocycles. The molecule has 1 saturated heterocycles. The van der Waals surface area contributed by atoms with Crippen molar-refractivity contribution in [2.75, 3.05) is 33.4 Å². The van der Waals surface area contributed by atoms with Crippen molar-refractivity contribution < 1.29 is 13.2 Å². The summed E-state index contributed by atoms with van der Waals surface area (Å²) in [4.78, 5) is -0.0889. The lowest BCUT2D eigenvalue weighted by Gasteiger charge is -2.37. The average molecular weight is 394 g/mol. The van der Waals surface area contributed by atoms with Crippen LogP contribution < -0.4 is 10.0 Å². The van der Waals surface area contributed by atoms with Crippen molar-refractivity contribution in [1.29, 1.82) is 5.26 Å². The molecule has 134 valence electrons. The van der Waals surface area contributed by atoms with E-state index in [9.17, 15) is 8.42 Å². The van der Waals surface area contributed by atoms with E-state index in [2.05, 4.69) is 10.0 Å². The van der Waals surface area contributed by atoms with Crippen LogP contribution in [0.2, 0.25) is 5.02 Å². The van der Waals surface area contributed by atoms with Crippen molar-refractivity contribution in [2.24, 2.45) is 5.41 Å². The van der Waals surface area contributed by atoms with Gasteiger partial charge < -0.3 is 10.1 Å². The summed E-state index contributed by atoms with van der Waals surface area (Å²) in [6.45, 7) is 2.40. The van der Waals surface area contributed by atoms with Gasteiger partial charge in [0.05, 0.1) is 17.2 Å². The molecule has 0 aromatic heterocycles. The van der Waals surface area contributed by atoms with Gasteiger partial charge in [-0.2, -0.15) is 5.26 Å². The Morgan fingerprint density at radius 3 is 2.67 bits per heavy atom. The predicted octanol–water partition coefficient (Wildman–Crippen LogP) is 1.93. The molecule has 1 heterocycles. The first-order chi connectivity index (χ1) is 10.9. The van der Waals surface area contributed by atoms with Crippen LogP contribution in [0.4, 0.5) is 0 Å². The van der Waals surface area contributed by atoms with E-state index in [1.807, 2.05) is 6.07 Å². The largest absolute Gasteiger partial charge is 0.384 e. The second-order valence-corrected chi connectivity index (χ2v) is 7.87. The molecule has 0 atom stereocenters. The maximum Gasteiger partial charge on any atom is 0.241 e. The third-order valence-corrected chi connectivity index (χ3v) is 5.89. The minimum Gasteiger partial charge on any atom is -0.384 e. The molecule has 1 aromatic rings. The molecule has 1 aliphatic rings. The van der Waals surface area contributed by atoms with E-state index < -0.39 is 10.0 Å². The second-order valence-electron chi connectivity index (χ2n) is 5.73. The topological polar surface area (TPSA) is 91.2 Å². The number of hydrogen-bond donors (Lipinski definition) is 2. The van der Waals surface area contributed by atoms with Gasteiger partial charge in [-0.05, 0) is 38.1 Å². The number of methoxy groups -OCH3 is 1. The van der Waals surface area contributed by atoms with Crippen LogP contribution in [0, 0.1) is 16.7 Å². The van der Waals surface area contributed by atoms with E-state index in [1.165, 1.54) is 18.2 Å². The molecule has 0 radical (unpaired) electrons. The van der Waals surface area contributed by atoms with Gasteiger partial charge in [-0.15, -0.1) is 12.4 Å². The van der Waals surface area contributed by atoms with Crippen LogP contribution in [0.1, 0.15) is 18.4 Å². The third kappa shape index (κ3) is 4.82. The number of halogens is 2. The van der Waals surface area contributed by atoms with E-state index in [0.717, 1.165) is 25.9 Å². The molecule has 0 spiro atoms. The Balaban J connectivity index is 0.00000288. The van der Waals surface area contributed by atoms with Gasteiger partial charge in [-0.25, -0.2) is 13.1 Å². The van der Waals surface area contributed by atoms with Crippen LogP contribution in [0.5, 0.6) is 0 Å². The Morgan fingerprint density at radius 1 is 1.42 bits per heavy atom. The van der Waals surface area contributed by atoms with Gasteiger partial charge in [0.15, 0.2) is 0 Å². The molecule has 2 rings (SSSR count). The zero-order valence-corrected chi connectivity index (χ0v) is 15.7. The van der Waals surface area contributed by atoms with Crippen LogP contribution in [0.3, 0.4) is 0 Å². The lowest BCUT2D eigenvalue weighted by molar-refractivity contribution is 0.0577. The number of sulfonamides is 1. The number of rotatable bonds is 6. The molecule has 2 N–H and O–H groups in total. The van der Waals surface area contributed by atoms with Crippen LogP contribution in [0.25, 0.3) is 0 Å². The number of piperidine rings is 1. The summed E-state index contributed by atoms with van der Waals surface area (Å²) in [5.41, 5.74) is -0.272. The maximum atomic E-state index is 12.6. The first kappa shape index (κ1) is 21.2. The fraction of sp³-hybridized carbons (Fsp3) is 0.533. The molecule has 0 amide bonds. The number of nitrogens with one attached hydrogen (secondary N) is 2. The highest BCUT2D eigenvalue weighted by atomic mass is 35.5. The molecular weight excluding hydrogens is 373 g/mol. The summed E-state index contributed by atoms with van der Waals surface area (Å²) in [7, 11) is -2.20. The van der Waals surface area contributed by atoms with Crippen LogP contribution in [-0.4, -0.2) is 41.8 Å². The molecule has 0 unspecified atom stereocenters. The zero-order chi connectivity index (χ0) is 16.9. The third-order valence-electron chi connectivity index (χ3n) is 4.13. The van der Waals surface area contributed by atoms with E-state index in [4.69, 9.17) is 21.6 Å².